The first-order valence-corrected chi connectivity index (χ1v) is 12.5. The topological polar surface area (TPSA) is 132 Å². The Balaban J connectivity index is 1.67. The van der Waals surface area contributed by atoms with Crippen LogP contribution in [0, 0.1) is 6.92 Å². The molecule has 4 N–H and O–H groups in total. The van der Waals surface area contributed by atoms with Gasteiger partial charge in [0, 0.05) is 22.8 Å². The number of nitrogens with two attached hydrogens (primary N) is 1. The van der Waals surface area contributed by atoms with E-state index >= 15 is 0 Å². The van der Waals surface area contributed by atoms with Crippen LogP contribution in [0.2, 0.25) is 0 Å². The number of fused-ring (bicyclic) bond motifs is 1. The average Bonchev–Trinajstić information content (AvgIpc) is 3.42. The van der Waals surface area contributed by atoms with Gasteiger partial charge in [0.15, 0.2) is 11.5 Å². The molecule has 2 amide bonds. The van der Waals surface area contributed by atoms with Crippen molar-refractivity contribution in [3.05, 3.63) is 96.8 Å². The summed E-state index contributed by atoms with van der Waals surface area (Å²) in [5, 5.41) is 10.8. The number of primary amides is 1. The van der Waals surface area contributed by atoms with Gasteiger partial charge in [-0.25, -0.2) is 4.98 Å². The maximum atomic E-state index is 12.2. The Labute approximate surface area is 230 Å². The van der Waals surface area contributed by atoms with Gasteiger partial charge in [-0.1, -0.05) is 30.8 Å². The molecule has 2 aromatic heterocycles. The van der Waals surface area contributed by atoms with Crippen molar-refractivity contribution in [1.29, 1.82) is 0 Å². The van der Waals surface area contributed by atoms with Gasteiger partial charge in [-0.3, -0.25) is 14.7 Å². The summed E-state index contributed by atoms with van der Waals surface area (Å²) in [5.41, 5.74) is 11.9. The number of aromatic amines is 1. The molecule has 0 aliphatic rings. The number of aromatic nitrogens is 3. The predicted molar refractivity (Wildman–Crippen MR) is 154 cm³/mol. The van der Waals surface area contributed by atoms with Gasteiger partial charge >= 0.3 is 0 Å². The zero-order valence-corrected chi connectivity index (χ0v) is 22.0. The van der Waals surface area contributed by atoms with E-state index in [0.717, 1.165) is 38.9 Å². The third kappa shape index (κ3) is 5.39. The molecule has 0 saturated carbocycles. The molecule has 9 nitrogen and oxygen atoms in total. The molecule has 0 saturated heterocycles. The predicted octanol–water partition coefficient (Wildman–Crippen LogP) is 5.55. The van der Waals surface area contributed by atoms with E-state index in [-0.39, 0.29) is 12.3 Å². The quantitative estimate of drug-likeness (QED) is 0.213. The first-order chi connectivity index (χ1) is 19.4. The molecule has 0 atom stereocenters. The van der Waals surface area contributed by atoms with Crippen molar-refractivity contribution in [2.45, 2.75) is 13.3 Å². The van der Waals surface area contributed by atoms with Crippen molar-refractivity contribution in [2.24, 2.45) is 5.73 Å². The summed E-state index contributed by atoms with van der Waals surface area (Å²) >= 11 is 0. The van der Waals surface area contributed by atoms with E-state index in [1.54, 1.807) is 37.6 Å². The number of hydrogen-bond acceptors (Lipinski definition) is 6. The van der Waals surface area contributed by atoms with Gasteiger partial charge in [-0.2, -0.15) is 5.10 Å². The lowest BCUT2D eigenvalue weighted by molar-refractivity contribution is -0.117. The number of ether oxygens (including phenoxy) is 2. The van der Waals surface area contributed by atoms with E-state index in [2.05, 4.69) is 27.1 Å². The van der Waals surface area contributed by atoms with E-state index in [1.807, 2.05) is 49.4 Å². The zero-order valence-electron chi connectivity index (χ0n) is 22.0. The molecule has 0 unspecified atom stereocenters. The van der Waals surface area contributed by atoms with Crippen LogP contribution in [0.4, 0.5) is 5.69 Å². The molecule has 0 aliphatic carbocycles. The number of methoxy groups -OCH3 is 1. The van der Waals surface area contributed by atoms with Gasteiger partial charge in [0.2, 0.25) is 17.7 Å². The highest BCUT2D eigenvalue weighted by molar-refractivity contribution is 6.02. The van der Waals surface area contributed by atoms with E-state index < -0.39 is 5.91 Å². The summed E-state index contributed by atoms with van der Waals surface area (Å²) in [5.74, 6) is 0.654. The summed E-state index contributed by atoms with van der Waals surface area (Å²) in [7, 11) is 1.56. The Kier molecular flexibility index (Phi) is 7.28. The van der Waals surface area contributed by atoms with Crippen LogP contribution in [0.3, 0.4) is 0 Å². The number of rotatable bonds is 9. The van der Waals surface area contributed by atoms with Gasteiger partial charge in [0.1, 0.15) is 0 Å². The van der Waals surface area contributed by atoms with Crippen molar-refractivity contribution < 1.29 is 19.1 Å². The number of nitrogens with zero attached hydrogens (tertiary/aromatic N) is 2. The number of carbonyl (C=O) groups is 2. The molecule has 0 aliphatic heterocycles. The van der Waals surface area contributed by atoms with E-state index in [1.165, 1.54) is 6.08 Å². The van der Waals surface area contributed by atoms with Gasteiger partial charge in [-0.15, -0.1) is 0 Å². The molecule has 0 bridgehead atoms. The Bertz CT molecular complexity index is 1740. The summed E-state index contributed by atoms with van der Waals surface area (Å²) in [6, 6.07) is 20.5. The van der Waals surface area contributed by atoms with E-state index in [0.29, 0.717) is 28.6 Å². The molecule has 2 heterocycles. The van der Waals surface area contributed by atoms with Crippen molar-refractivity contribution in [2.75, 3.05) is 12.4 Å². The summed E-state index contributed by atoms with van der Waals surface area (Å²) in [6.45, 7) is 5.38. The fraction of sp³-hybridized carbons (Fsp3) is 0.0968. The maximum Gasteiger partial charge on any atom is 0.247 e. The fourth-order valence-corrected chi connectivity index (χ4v) is 4.59. The largest absolute Gasteiger partial charge is 0.493 e. The van der Waals surface area contributed by atoms with Gasteiger partial charge in [0.05, 0.1) is 25.2 Å². The molecule has 40 heavy (non-hydrogen) atoms. The lowest BCUT2D eigenvalue weighted by Crippen LogP contribution is -2.15. The second-order valence-electron chi connectivity index (χ2n) is 9.11. The number of carbonyl (C=O) groups excluding carboxylic acids is 2. The van der Waals surface area contributed by atoms with Crippen LogP contribution in [0.15, 0.2) is 85.6 Å². The van der Waals surface area contributed by atoms with Gasteiger partial charge in [-0.05, 0) is 77.2 Å². The minimum atomic E-state index is -0.478. The number of amides is 2. The third-order valence-corrected chi connectivity index (χ3v) is 6.37. The number of H-pyrrole nitrogens is 1. The van der Waals surface area contributed by atoms with Crippen LogP contribution < -0.4 is 20.5 Å². The molecule has 5 rings (SSSR count). The highest BCUT2D eigenvalue weighted by Gasteiger charge is 2.21. The molecule has 3 aromatic carbocycles. The molecular formula is C31H27N5O4. The van der Waals surface area contributed by atoms with Crippen molar-refractivity contribution in [3.8, 4) is 39.6 Å². The van der Waals surface area contributed by atoms with Gasteiger partial charge < -0.3 is 20.5 Å². The molecule has 0 spiro atoms. The van der Waals surface area contributed by atoms with Crippen molar-refractivity contribution in [1.82, 2.24) is 15.2 Å². The highest BCUT2D eigenvalue weighted by atomic mass is 16.5. The summed E-state index contributed by atoms with van der Waals surface area (Å²) < 4.78 is 11.7. The molecule has 0 fully saturated rings. The normalized spacial score (nSPS) is 10.8. The second-order valence-corrected chi connectivity index (χ2v) is 9.11. The monoisotopic (exact) mass is 533 g/mol. The van der Waals surface area contributed by atoms with Crippen LogP contribution in [-0.4, -0.2) is 34.1 Å². The Hall–Kier alpha value is -5.44. The molecular weight excluding hydrogens is 506 g/mol. The Morgan fingerprint density at radius 2 is 1.82 bits per heavy atom. The Morgan fingerprint density at radius 3 is 2.52 bits per heavy atom. The fourth-order valence-electron chi connectivity index (χ4n) is 4.59. The molecule has 9 heteroatoms. The zero-order chi connectivity index (χ0) is 28.2. The van der Waals surface area contributed by atoms with E-state index in [4.69, 9.17) is 15.2 Å². The number of anilines is 1. The van der Waals surface area contributed by atoms with Crippen molar-refractivity contribution in [3.63, 3.8) is 0 Å². The number of benzene rings is 3. The Morgan fingerprint density at radius 1 is 1.05 bits per heavy atom. The van der Waals surface area contributed by atoms with Crippen LogP contribution in [0.5, 0.6) is 17.4 Å². The van der Waals surface area contributed by atoms with Gasteiger partial charge in [0.25, 0.3) is 0 Å². The number of nitrogens with one attached hydrogen (secondary N) is 2. The SMILES string of the molecule is C=CC(=O)Nc1ccc(-c2cc3cn[nH]c3c(CC(N)=O)c2-c2ccc(Oc3cccc(C)n3)c(OC)c2)cc1. The number of hydrogen-bond donors (Lipinski definition) is 3. The van der Waals surface area contributed by atoms with Crippen LogP contribution >= 0.6 is 0 Å². The number of pyridine rings is 1. The average molecular weight is 534 g/mol. The second kappa shape index (κ2) is 11.1. The van der Waals surface area contributed by atoms with Crippen molar-refractivity contribution >= 4 is 28.4 Å². The minimum Gasteiger partial charge on any atom is -0.493 e. The molecule has 5 aromatic rings. The van der Waals surface area contributed by atoms with Crippen LogP contribution in [0.1, 0.15) is 11.3 Å². The van der Waals surface area contributed by atoms with E-state index in [9.17, 15) is 9.59 Å². The standard InChI is InChI=1S/C31H27N5O4/c1-4-28(38)35-22-11-8-19(9-12-22)23-14-21-17-33-36-31(21)24(16-27(32)37)30(23)20-10-13-25(26(15-20)39-3)40-29-7-5-6-18(2)34-29/h4-15,17H,1,16H2,2-3H3,(H2,32,37)(H,33,36)(H,35,38). The van der Waals surface area contributed by atoms with Crippen LogP contribution in [0.25, 0.3) is 33.2 Å². The number of aryl methyl sites for hydroxylation is 1. The molecule has 0 radical (unpaired) electrons. The maximum absolute atomic E-state index is 12.2. The smallest absolute Gasteiger partial charge is 0.247 e. The lowest BCUT2D eigenvalue weighted by Gasteiger charge is -2.18. The lowest BCUT2D eigenvalue weighted by atomic mass is 9.87. The first kappa shape index (κ1) is 26.2. The third-order valence-electron chi connectivity index (χ3n) is 6.37. The minimum absolute atomic E-state index is 0.0108. The summed E-state index contributed by atoms with van der Waals surface area (Å²) in [4.78, 5) is 28.4. The molecule has 200 valence electrons. The summed E-state index contributed by atoms with van der Waals surface area (Å²) in [6.07, 6.45) is 2.91. The first-order valence-electron chi connectivity index (χ1n) is 12.5. The van der Waals surface area contributed by atoms with Crippen LogP contribution in [-0.2, 0) is 16.0 Å². The highest BCUT2D eigenvalue weighted by Crippen LogP contribution is 2.43.